The minimum absolute atomic E-state index is 0.264. The largest absolute Gasteiger partial charge is 0.401 e. The topological polar surface area (TPSA) is 41.1 Å². The molecule has 2 N–H and O–H groups in total. The first kappa shape index (κ1) is 13.6. The fraction of sp³-hybridized carbons (Fsp3) is 0.917. The van der Waals surface area contributed by atoms with Crippen LogP contribution in [0, 0.1) is 17.8 Å². The maximum Gasteiger partial charge on any atom is 0.401 e. The van der Waals surface area contributed by atoms with E-state index in [9.17, 15) is 18.0 Å². The predicted octanol–water partition coefficient (Wildman–Crippen LogP) is 1.69. The molecule has 2 aliphatic carbocycles. The average molecular weight is 264 g/mol. The molecule has 18 heavy (non-hydrogen) atoms. The standard InChI is InChI=1S/C12H19F3N2O/c13-12(14,15)7-16-6-11(18)17-5-10-4-8-1-2-9(10)3-8/h8-10,16H,1-7H2,(H,17,18). The zero-order chi connectivity index (χ0) is 13.2. The number of alkyl halides is 3. The Kier molecular flexibility index (Phi) is 4.14. The van der Waals surface area contributed by atoms with E-state index in [0.717, 1.165) is 11.8 Å². The van der Waals surface area contributed by atoms with Gasteiger partial charge in [0.05, 0.1) is 13.1 Å². The molecule has 0 aliphatic heterocycles. The molecule has 0 aromatic heterocycles. The average Bonchev–Trinajstić information content (AvgIpc) is 2.86. The zero-order valence-corrected chi connectivity index (χ0v) is 10.2. The second kappa shape index (κ2) is 5.47. The Morgan fingerprint density at radius 1 is 1.22 bits per heavy atom. The summed E-state index contributed by atoms with van der Waals surface area (Å²) in [6.07, 6.45) is 0.735. The SMILES string of the molecule is O=C(CNCC(F)(F)F)NCC1CC2CCC1C2. The Morgan fingerprint density at radius 3 is 2.56 bits per heavy atom. The van der Waals surface area contributed by atoms with Crippen molar-refractivity contribution in [3.05, 3.63) is 0 Å². The number of hydrogen-bond donors (Lipinski definition) is 2. The summed E-state index contributed by atoms with van der Waals surface area (Å²) in [6.45, 7) is -0.761. The number of carbonyl (C=O) groups is 1. The van der Waals surface area contributed by atoms with Crippen LogP contribution in [0.4, 0.5) is 13.2 Å². The molecule has 1 amide bonds. The molecular formula is C12H19F3N2O. The number of carbonyl (C=O) groups excluding carboxylic acids is 1. The van der Waals surface area contributed by atoms with Gasteiger partial charge in [-0.25, -0.2) is 0 Å². The quantitative estimate of drug-likeness (QED) is 0.793. The van der Waals surface area contributed by atoms with Crippen molar-refractivity contribution >= 4 is 5.91 Å². The van der Waals surface area contributed by atoms with Crippen LogP contribution in [0.3, 0.4) is 0 Å². The van der Waals surface area contributed by atoms with Gasteiger partial charge in [0.15, 0.2) is 0 Å². The zero-order valence-electron chi connectivity index (χ0n) is 10.2. The highest BCUT2D eigenvalue weighted by Gasteiger charge is 2.39. The van der Waals surface area contributed by atoms with Crippen LogP contribution in [0.15, 0.2) is 0 Å². The summed E-state index contributed by atoms with van der Waals surface area (Å²) in [5.41, 5.74) is 0. The number of fused-ring (bicyclic) bond motifs is 2. The number of rotatable bonds is 5. The van der Waals surface area contributed by atoms with Crippen molar-refractivity contribution in [2.45, 2.75) is 31.9 Å². The van der Waals surface area contributed by atoms with Crippen LogP contribution in [-0.2, 0) is 4.79 Å². The second-order valence-electron chi connectivity index (χ2n) is 5.46. The molecule has 0 radical (unpaired) electrons. The maximum absolute atomic E-state index is 11.8. The third-order valence-electron chi connectivity index (χ3n) is 4.06. The number of hydrogen-bond acceptors (Lipinski definition) is 2. The second-order valence-corrected chi connectivity index (χ2v) is 5.46. The van der Waals surface area contributed by atoms with E-state index in [2.05, 4.69) is 10.6 Å². The lowest BCUT2D eigenvalue weighted by molar-refractivity contribution is -0.128. The normalized spacial score (nSPS) is 30.7. The third-order valence-corrected chi connectivity index (χ3v) is 4.06. The van der Waals surface area contributed by atoms with Gasteiger partial charge < -0.3 is 10.6 Å². The fourth-order valence-corrected chi connectivity index (χ4v) is 3.25. The molecule has 0 heterocycles. The van der Waals surface area contributed by atoms with Crippen LogP contribution in [0.1, 0.15) is 25.7 Å². The highest BCUT2D eigenvalue weighted by atomic mass is 19.4. The lowest BCUT2D eigenvalue weighted by Gasteiger charge is -2.21. The van der Waals surface area contributed by atoms with Crippen LogP contribution < -0.4 is 10.6 Å². The van der Waals surface area contributed by atoms with E-state index >= 15 is 0 Å². The van der Waals surface area contributed by atoms with Gasteiger partial charge in [-0.3, -0.25) is 4.79 Å². The minimum Gasteiger partial charge on any atom is -0.355 e. The van der Waals surface area contributed by atoms with Crippen LogP contribution in [0.2, 0.25) is 0 Å². The number of amides is 1. The molecule has 2 bridgehead atoms. The molecule has 3 unspecified atom stereocenters. The molecule has 2 saturated carbocycles. The summed E-state index contributed by atoms with van der Waals surface area (Å²) in [6, 6.07) is 0. The minimum atomic E-state index is -4.26. The van der Waals surface area contributed by atoms with E-state index in [1.54, 1.807) is 0 Å². The fourth-order valence-electron chi connectivity index (χ4n) is 3.25. The van der Waals surface area contributed by atoms with Gasteiger partial charge in [0.1, 0.15) is 0 Å². The van der Waals surface area contributed by atoms with E-state index in [-0.39, 0.29) is 12.5 Å². The molecule has 6 heteroatoms. The molecule has 0 aromatic carbocycles. The van der Waals surface area contributed by atoms with Crippen LogP contribution in [-0.4, -0.2) is 31.7 Å². The molecule has 0 saturated heterocycles. The molecule has 2 rings (SSSR count). The van der Waals surface area contributed by atoms with E-state index < -0.39 is 12.7 Å². The van der Waals surface area contributed by atoms with Crippen molar-refractivity contribution in [2.24, 2.45) is 17.8 Å². The Bertz CT molecular complexity index is 306. The summed E-state index contributed by atoms with van der Waals surface area (Å²) >= 11 is 0. The van der Waals surface area contributed by atoms with Gasteiger partial charge in [-0.2, -0.15) is 13.2 Å². The Morgan fingerprint density at radius 2 is 2.00 bits per heavy atom. The number of halogens is 3. The van der Waals surface area contributed by atoms with Crippen LogP contribution >= 0.6 is 0 Å². The summed E-state index contributed by atoms with van der Waals surface area (Å²) in [4.78, 5) is 11.4. The molecule has 2 aliphatic rings. The Hall–Kier alpha value is -0.780. The van der Waals surface area contributed by atoms with Gasteiger partial charge >= 0.3 is 6.18 Å². The Balaban J connectivity index is 1.58. The van der Waals surface area contributed by atoms with Gasteiger partial charge in [-0.1, -0.05) is 6.42 Å². The monoisotopic (exact) mass is 264 g/mol. The highest BCUT2D eigenvalue weighted by Crippen LogP contribution is 2.47. The third kappa shape index (κ3) is 3.86. The van der Waals surface area contributed by atoms with Crippen LogP contribution in [0.25, 0.3) is 0 Å². The first-order valence-corrected chi connectivity index (χ1v) is 6.48. The summed E-state index contributed by atoms with van der Waals surface area (Å²) in [5, 5.41) is 4.82. The molecule has 0 spiro atoms. The van der Waals surface area contributed by atoms with Crippen molar-refractivity contribution in [3.8, 4) is 0 Å². The van der Waals surface area contributed by atoms with Crippen molar-refractivity contribution in [2.75, 3.05) is 19.6 Å². The summed E-state index contributed by atoms with van der Waals surface area (Å²) < 4.78 is 35.5. The van der Waals surface area contributed by atoms with E-state index in [1.807, 2.05) is 0 Å². The first-order chi connectivity index (χ1) is 8.44. The number of nitrogens with one attached hydrogen (secondary N) is 2. The van der Waals surface area contributed by atoms with Gasteiger partial charge in [0.2, 0.25) is 5.91 Å². The molecule has 3 atom stereocenters. The lowest BCUT2D eigenvalue weighted by Crippen LogP contribution is -2.40. The maximum atomic E-state index is 11.8. The predicted molar refractivity (Wildman–Crippen MR) is 60.9 cm³/mol. The first-order valence-electron chi connectivity index (χ1n) is 6.48. The van der Waals surface area contributed by atoms with E-state index in [1.165, 1.54) is 25.7 Å². The summed E-state index contributed by atoms with van der Waals surface area (Å²) in [5.74, 6) is 1.73. The highest BCUT2D eigenvalue weighted by molar-refractivity contribution is 5.77. The molecule has 0 aromatic rings. The van der Waals surface area contributed by atoms with E-state index in [4.69, 9.17) is 0 Å². The van der Waals surface area contributed by atoms with Crippen LogP contribution in [0.5, 0.6) is 0 Å². The van der Waals surface area contributed by atoms with Gasteiger partial charge in [-0.05, 0) is 37.0 Å². The van der Waals surface area contributed by atoms with Crippen molar-refractivity contribution < 1.29 is 18.0 Å². The molecule has 104 valence electrons. The van der Waals surface area contributed by atoms with Crippen molar-refractivity contribution in [3.63, 3.8) is 0 Å². The van der Waals surface area contributed by atoms with E-state index in [0.29, 0.717) is 12.5 Å². The molecular weight excluding hydrogens is 245 g/mol. The van der Waals surface area contributed by atoms with Gasteiger partial charge in [0, 0.05) is 6.54 Å². The van der Waals surface area contributed by atoms with Gasteiger partial charge in [-0.15, -0.1) is 0 Å². The molecule has 3 nitrogen and oxygen atoms in total. The van der Waals surface area contributed by atoms with Gasteiger partial charge in [0.25, 0.3) is 0 Å². The lowest BCUT2D eigenvalue weighted by atomic mass is 9.89. The smallest absolute Gasteiger partial charge is 0.355 e. The van der Waals surface area contributed by atoms with Crippen molar-refractivity contribution in [1.29, 1.82) is 0 Å². The van der Waals surface area contributed by atoms with Crippen molar-refractivity contribution in [1.82, 2.24) is 10.6 Å². The summed E-state index contributed by atoms with van der Waals surface area (Å²) in [7, 11) is 0. The molecule has 2 fully saturated rings. The Labute approximate surface area is 104 Å².